The second-order valence-electron chi connectivity index (χ2n) is 4.48. The van der Waals surface area contributed by atoms with Crippen LogP contribution >= 0.6 is 0 Å². The summed E-state index contributed by atoms with van der Waals surface area (Å²) in [5.74, 6) is -0.555. The summed E-state index contributed by atoms with van der Waals surface area (Å²) in [5, 5.41) is 9.85. The van der Waals surface area contributed by atoms with Crippen LogP contribution < -0.4 is 4.90 Å². The first kappa shape index (κ1) is 9.93. The number of piperidine rings is 1. The van der Waals surface area contributed by atoms with Crippen molar-refractivity contribution in [2.24, 2.45) is 5.92 Å². The van der Waals surface area contributed by atoms with Crippen LogP contribution in [0.15, 0.2) is 0 Å². The number of ether oxygens (including phenoxy) is 1. The van der Waals surface area contributed by atoms with Gasteiger partial charge in [0, 0.05) is 19.3 Å². The fourth-order valence-electron chi connectivity index (χ4n) is 3.07. The van der Waals surface area contributed by atoms with E-state index in [0.29, 0.717) is 6.04 Å². The van der Waals surface area contributed by atoms with E-state index in [9.17, 15) is 9.90 Å². The van der Waals surface area contributed by atoms with Crippen LogP contribution in [-0.4, -0.2) is 43.4 Å². The molecule has 4 heteroatoms. The zero-order valence-corrected chi connectivity index (χ0v) is 8.69. The molecule has 0 aliphatic carbocycles. The number of methoxy groups -OCH3 is 1. The van der Waals surface area contributed by atoms with Crippen LogP contribution in [0.25, 0.3) is 0 Å². The standard InChI is InChI=1S/C10H17NO3/c1-11-6-3-4-7(11)9(8(12)5-6)10(13)14-2/h6-9,12H,3-5H2,1-2H3/p+1/t6?,7?,8?,9-/m1/s1. The van der Waals surface area contributed by atoms with Crippen molar-refractivity contribution in [2.45, 2.75) is 37.5 Å². The first-order chi connectivity index (χ1) is 6.65. The number of quaternary nitrogens is 1. The fourth-order valence-corrected chi connectivity index (χ4v) is 3.07. The van der Waals surface area contributed by atoms with Gasteiger partial charge in [0.1, 0.15) is 12.0 Å². The number of fused-ring (bicyclic) bond motifs is 2. The molecular formula is C10H18NO3+. The van der Waals surface area contributed by atoms with Gasteiger partial charge < -0.3 is 14.7 Å². The Hall–Kier alpha value is -0.610. The zero-order valence-electron chi connectivity index (χ0n) is 8.69. The van der Waals surface area contributed by atoms with Crippen LogP contribution in [0, 0.1) is 5.92 Å². The molecular weight excluding hydrogens is 182 g/mol. The summed E-state index contributed by atoms with van der Waals surface area (Å²) in [5.41, 5.74) is 0. The summed E-state index contributed by atoms with van der Waals surface area (Å²) in [4.78, 5) is 12.9. The van der Waals surface area contributed by atoms with Crippen molar-refractivity contribution in [1.29, 1.82) is 0 Å². The monoisotopic (exact) mass is 200 g/mol. The number of hydrogen-bond acceptors (Lipinski definition) is 3. The minimum absolute atomic E-state index is 0.248. The molecule has 0 aromatic carbocycles. The van der Waals surface area contributed by atoms with Gasteiger partial charge in [0.05, 0.1) is 26.3 Å². The lowest BCUT2D eigenvalue weighted by molar-refractivity contribution is -0.926. The lowest BCUT2D eigenvalue weighted by Crippen LogP contribution is -3.16. The molecule has 2 N–H and O–H groups in total. The molecule has 0 aromatic heterocycles. The van der Waals surface area contributed by atoms with Gasteiger partial charge in [0.2, 0.25) is 0 Å². The van der Waals surface area contributed by atoms with Crippen molar-refractivity contribution < 1.29 is 19.5 Å². The Balaban J connectivity index is 2.18. The lowest BCUT2D eigenvalue weighted by atomic mass is 9.88. The number of aliphatic hydroxyl groups is 1. The number of carbonyl (C=O) groups is 1. The predicted molar refractivity (Wildman–Crippen MR) is 49.8 cm³/mol. The molecule has 2 fully saturated rings. The minimum atomic E-state index is -0.497. The van der Waals surface area contributed by atoms with Gasteiger partial charge in [0.15, 0.2) is 0 Å². The van der Waals surface area contributed by atoms with E-state index in [4.69, 9.17) is 4.74 Å². The summed E-state index contributed by atoms with van der Waals surface area (Å²) in [6, 6.07) is 0.798. The van der Waals surface area contributed by atoms with Crippen molar-refractivity contribution in [2.75, 3.05) is 14.2 Å². The normalized spacial score (nSPS) is 46.4. The van der Waals surface area contributed by atoms with Crippen molar-refractivity contribution in [3.05, 3.63) is 0 Å². The summed E-state index contributed by atoms with van der Waals surface area (Å²) in [6.45, 7) is 0. The molecule has 0 radical (unpaired) electrons. The molecule has 80 valence electrons. The van der Waals surface area contributed by atoms with Gasteiger partial charge in [-0.3, -0.25) is 4.79 Å². The topological polar surface area (TPSA) is 51.0 Å². The maximum atomic E-state index is 11.5. The molecule has 5 atom stereocenters. The minimum Gasteiger partial charge on any atom is -0.469 e. The van der Waals surface area contributed by atoms with E-state index in [2.05, 4.69) is 7.05 Å². The number of carbonyl (C=O) groups excluding carboxylic acids is 1. The molecule has 2 heterocycles. The molecule has 2 bridgehead atoms. The average Bonchev–Trinajstić information content (AvgIpc) is 2.42. The molecule has 2 aliphatic heterocycles. The lowest BCUT2D eigenvalue weighted by Gasteiger charge is -2.36. The smallest absolute Gasteiger partial charge is 0.317 e. The number of hydrogen-bond donors (Lipinski definition) is 2. The van der Waals surface area contributed by atoms with Gasteiger partial charge >= 0.3 is 5.97 Å². The van der Waals surface area contributed by atoms with E-state index in [1.165, 1.54) is 12.0 Å². The molecule has 2 aliphatic rings. The highest BCUT2D eigenvalue weighted by Crippen LogP contribution is 2.28. The van der Waals surface area contributed by atoms with Crippen LogP contribution in [0.2, 0.25) is 0 Å². The van der Waals surface area contributed by atoms with E-state index in [1.54, 1.807) is 0 Å². The third-order valence-corrected chi connectivity index (χ3v) is 3.90. The van der Waals surface area contributed by atoms with Gasteiger partial charge in [-0.25, -0.2) is 0 Å². The van der Waals surface area contributed by atoms with Crippen molar-refractivity contribution >= 4 is 5.97 Å². The maximum Gasteiger partial charge on any atom is 0.317 e. The number of rotatable bonds is 1. The SMILES string of the molecule is COC(=O)[C@H]1C(O)CC2CCC1[NH+]2C. The maximum absolute atomic E-state index is 11.5. The van der Waals surface area contributed by atoms with Gasteiger partial charge in [-0.05, 0) is 0 Å². The van der Waals surface area contributed by atoms with E-state index < -0.39 is 6.10 Å². The van der Waals surface area contributed by atoms with Gasteiger partial charge in [0.25, 0.3) is 0 Å². The largest absolute Gasteiger partial charge is 0.469 e. The third kappa shape index (κ3) is 1.33. The van der Waals surface area contributed by atoms with E-state index in [-0.39, 0.29) is 17.9 Å². The molecule has 2 saturated heterocycles. The quantitative estimate of drug-likeness (QED) is 0.511. The Kier molecular flexibility index (Phi) is 2.49. The van der Waals surface area contributed by atoms with Crippen LogP contribution in [0.4, 0.5) is 0 Å². The summed E-state index contributed by atoms with van der Waals surface area (Å²) in [6.07, 6.45) is 2.40. The van der Waals surface area contributed by atoms with Crippen molar-refractivity contribution in [3.8, 4) is 0 Å². The Bertz CT molecular complexity index is 244. The zero-order chi connectivity index (χ0) is 10.3. The molecule has 14 heavy (non-hydrogen) atoms. The highest BCUT2D eigenvalue weighted by Gasteiger charge is 2.52. The summed E-state index contributed by atoms with van der Waals surface area (Å²) >= 11 is 0. The molecule has 4 unspecified atom stereocenters. The fraction of sp³-hybridized carbons (Fsp3) is 0.900. The second kappa shape index (κ2) is 3.51. The Labute approximate surface area is 83.8 Å². The van der Waals surface area contributed by atoms with Crippen LogP contribution in [-0.2, 0) is 9.53 Å². The van der Waals surface area contributed by atoms with Gasteiger partial charge in [-0.15, -0.1) is 0 Å². The Morgan fingerprint density at radius 2 is 2.21 bits per heavy atom. The molecule has 0 aromatic rings. The van der Waals surface area contributed by atoms with Gasteiger partial charge in [-0.1, -0.05) is 0 Å². The summed E-state index contributed by atoms with van der Waals surface area (Å²) < 4.78 is 4.75. The second-order valence-corrected chi connectivity index (χ2v) is 4.48. The van der Waals surface area contributed by atoms with Crippen molar-refractivity contribution in [3.63, 3.8) is 0 Å². The van der Waals surface area contributed by atoms with E-state index in [1.807, 2.05) is 0 Å². The van der Waals surface area contributed by atoms with E-state index in [0.717, 1.165) is 19.3 Å². The Morgan fingerprint density at radius 3 is 2.86 bits per heavy atom. The molecule has 0 amide bonds. The molecule has 2 rings (SSSR count). The summed E-state index contributed by atoms with van der Waals surface area (Å²) in [7, 11) is 3.51. The van der Waals surface area contributed by atoms with Crippen LogP contribution in [0.3, 0.4) is 0 Å². The highest BCUT2D eigenvalue weighted by atomic mass is 16.5. The van der Waals surface area contributed by atoms with Crippen LogP contribution in [0.1, 0.15) is 19.3 Å². The predicted octanol–water partition coefficient (Wildman–Crippen LogP) is -1.41. The average molecular weight is 200 g/mol. The highest BCUT2D eigenvalue weighted by molar-refractivity contribution is 5.73. The van der Waals surface area contributed by atoms with Crippen molar-refractivity contribution in [1.82, 2.24) is 0 Å². The van der Waals surface area contributed by atoms with Crippen LogP contribution in [0.5, 0.6) is 0 Å². The molecule has 0 saturated carbocycles. The molecule has 4 nitrogen and oxygen atoms in total. The molecule has 0 spiro atoms. The number of aliphatic hydroxyl groups excluding tert-OH is 1. The van der Waals surface area contributed by atoms with E-state index >= 15 is 0 Å². The first-order valence-electron chi connectivity index (χ1n) is 5.24. The van der Waals surface area contributed by atoms with Gasteiger partial charge in [-0.2, -0.15) is 0 Å². The first-order valence-corrected chi connectivity index (χ1v) is 5.24. The third-order valence-electron chi connectivity index (χ3n) is 3.90. The Morgan fingerprint density at radius 1 is 1.50 bits per heavy atom. The number of esters is 1. The number of nitrogens with one attached hydrogen (secondary N) is 1.